The Balaban J connectivity index is 1.33. The maximum atomic E-state index is 12.5. The molecule has 1 saturated heterocycles. The molecular weight excluding hydrogens is 364 g/mol. The number of fused-ring (bicyclic) bond motifs is 1. The number of amides is 2. The minimum atomic E-state index is -0.0551. The van der Waals surface area contributed by atoms with Gasteiger partial charge < -0.3 is 14.6 Å². The first kappa shape index (κ1) is 17.8. The van der Waals surface area contributed by atoms with Crippen molar-refractivity contribution in [3.05, 3.63) is 58.9 Å². The molecule has 0 atom stereocenters. The number of oxazole rings is 1. The first-order valence-electron chi connectivity index (χ1n) is 8.97. The summed E-state index contributed by atoms with van der Waals surface area (Å²) in [6, 6.07) is 13.2. The number of hydrogen-bond donors (Lipinski definition) is 1. The molecule has 0 unspecified atom stereocenters. The number of nitrogens with one attached hydrogen (secondary N) is 1. The second-order valence-electron chi connectivity index (χ2n) is 6.73. The number of piperazine rings is 1. The van der Waals surface area contributed by atoms with Gasteiger partial charge in [0.15, 0.2) is 5.58 Å². The summed E-state index contributed by atoms with van der Waals surface area (Å²) >= 11 is 6.00. The quantitative estimate of drug-likeness (QED) is 0.737. The molecule has 4 rings (SSSR count). The van der Waals surface area contributed by atoms with Crippen molar-refractivity contribution in [1.82, 2.24) is 14.8 Å². The molecule has 0 saturated carbocycles. The fraction of sp³-hybridized carbons (Fsp3) is 0.300. The van der Waals surface area contributed by atoms with E-state index in [2.05, 4.69) is 15.2 Å². The number of rotatable bonds is 3. The van der Waals surface area contributed by atoms with E-state index >= 15 is 0 Å². The first-order chi connectivity index (χ1) is 13.1. The lowest BCUT2D eigenvalue weighted by molar-refractivity contribution is 0.136. The Labute approximate surface area is 162 Å². The Morgan fingerprint density at radius 3 is 2.74 bits per heavy atom. The molecule has 0 aliphatic carbocycles. The number of para-hydroxylation sites is 1. The highest BCUT2D eigenvalue weighted by atomic mass is 35.5. The molecule has 27 heavy (non-hydrogen) atoms. The van der Waals surface area contributed by atoms with Crippen LogP contribution in [0.4, 0.5) is 10.5 Å². The van der Waals surface area contributed by atoms with Crippen molar-refractivity contribution in [3.8, 4) is 0 Å². The van der Waals surface area contributed by atoms with Crippen LogP contribution in [0.25, 0.3) is 11.1 Å². The van der Waals surface area contributed by atoms with Crippen LogP contribution in [0.2, 0.25) is 5.02 Å². The molecule has 1 aliphatic heterocycles. The topological polar surface area (TPSA) is 61.6 Å². The van der Waals surface area contributed by atoms with Gasteiger partial charge in [0.05, 0.1) is 6.54 Å². The van der Waals surface area contributed by atoms with E-state index in [-0.39, 0.29) is 6.03 Å². The molecule has 1 aromatic heterocycles. The summed E-state index contributed by atoms with van der Waals surface area (Å²) in [5, 5.41) is 3.64. The summed E-state index contributed by atoms with van der Waals surface area (Å²) in [6.07, 6.45) is 0. The van der Waals surface area contributed by atoms with Crippen molar-refractivity contribution in [2.45, 2.75) is 13.5 Å². The van der Waals surface area contributed by atoms with Crippen LogP contribution in [0.1, 0.15) is 11.5 Å². The Morgan fingerprint density at radius 2 is 1.96 bits per heavy atom. The molecule has 7 heteroatoms. The number of anilines is 1. The van der Waals surface area contributed by atoms with Crippen LogP contribution in [0.3, 0.4) is 0 Å². The molecule has 2 aromatic carbocycles. The number of carbonyl (C=O) groups excluding carboxylic acids is 1. The third kappa shape index (κ3) is 4.07. The van der Waals surface area contributed by atoms with Gasteiger partial charge in [-0.2, -0.15) is 0 Å². The van der Waals surface area contributed by atoms with Gasteiger partial charge in [-0.1, -0.05) is 29.8 Å². The summed E-state index contributed by atoms with van der Waals surface area (Å²) in [5.74, 6) is 0.671. The highest BCUT2D eigenvalue weighted by Gasteiger charge is 2.22. The Bertz CT molecular complexity index is 964. The molecule has 0 spiro atoms. The number of aromatic nitrogens is 1. The lowest BCUT2D eigenvalue weighted by atomic mass is 10.2. The molecule has 2 heterocycles. The first-order valence-corrected chi connectivity index (χ1v) is 9.35. The van der Waals surface area contributed by atoms with E-state index in [1.807, 2.05) is 42.2 Å². The minimum absolute atomic E-state index is 0.0551. The van der Waals surface area contributed by atoms with Crippen LogP contribution in [0.15, 0.2) is 46.9 Å². The van der Waals surface area contributed by atoms with Crippen LogP contribution in [-0.2, 0) is 6.54 Å². The number of halogens is 1. The van der Waals surface area contributed by atoms with Gasteiger partial charge in [0.2, 0.25) is 5.89 Å². The zero-order valence-corrected chi connectivity index (χ0v) is 15.9. The van der Waals surface area contributed by atoms with Crippen LogP contribution in [0.5, 0.6) is 0 Å². The van der Waals surface area contributed by atoms with E-state index in [0.717, 1.165) is 35.4 Å². The second-order valence-corrected chi connectivity index (χ2v) is 7.16. The van der Waals surface area contributed by atoms with E-state index < -0.39 is 0 Å². The summed E-state index contributed by atoms with van der Waals surface area (Å²) in [7, 11) is 0. The monoisotopic (exact) mass is 384 g/mol. The number of benzene rings is 2. The standard InChI is InChI=1S/C20H21ClN4O2/c1-14-4-2-3-5-16(14)23-20(26)25-10-8-24(9-11-25)13-19-22-17-12-15(21)6-7-18(17)27-19/h2-7,12H,8-11,13H2,1H3,(H,23,26). The number of hydrogen-bond acceptors (Lipinski definition) is 4. The van der Waals surface area contributed by atoms with Gasteiger partial charge in [0, 0.05) is 36.9 Å². The highest BCUT2D eigenvalue weighted by Crippen LogP contribution is 2.21. The smallest absolute Gasteiger partial charge is 0.321 e. The molecule has 1 aliphatic rings. The van der Waals surface area contributed by atoms with Crippen molar-refractivity contribution in [1.29, 1.82) is 0 Å². The lowest BCUT2D eigenvalue weighted by Gasteiger charge is -2.34. The molecule has 3 aromatic rings. The normalized spacial score (nSPS) is 15.3. The molecule has 1 N–H and O–H groups in total. The maximum absolute atomic E-state index is 12.5. The lowest BCUT2D eigenvalue weighted by Crippen LogP contribution is -2.49. The fourth-order valence-electron chi connectivity index (χ4n) is 3.22. The second kappa shape index (κ2) is 7.58. The molecule has 0 bridgehead atoms. The summed E-state index contributed by atoms with van der Waals surface area (Å²) in [6.45, 7) is 5.51. The third-order valence-electron chi connectivity index (χ3n) is 4.80. The number of nitrogens with zero attached hydrogens (tertiary/aromatic N) is 3. The zero-order valence-electron chi connectivity index (χ0n) is 15.1. The largest absolute Gasteiger partial charge is 0.439 e. The summed E-state index contributed by atoms with van der Waals surface area (Å²) in [5.41, 5.74) is 3.43. The zero-order chi connectivity index (χ0) is 18.8. The van der Waals surface area contributed by atoms with Crippen molar-refractivity contribution in [3.63, 3.8) is 0 Å². The van der Waals surface area contributed by atoms with Crippen molar-refractivity contribution in [2.24, 2.45) is 0 Å². The van der Waals surface area contributed by atoms with Crippen LogP contribution in [0, 0.1) is 6.92 Å². The van der Waals surface area contributed by atoms with Crippen molar-refractivity contribution >= 4 is 34.4 Å². The third-order valence-corrected chi connectivity index (χ3v) is 5.03. The van der Waals surface area contributed by atoms with Gasteiger partial charge in [-0.15, -0.1) is 0 Å². The molecule has 0 radical (unpaired) electrons. The predicted molar refractivity (Wildman–Crippen MR) is 106 cm³/mol. The van der Waals surface area contributed by atoms with E-state index in [4.69, 9.17) is 16.0 Å². The molecular formula is C20H21ClN4O2. The average Bonchev–Trinajstić information content (AvgIpc) is 3.05. The molecule has 1 fully saturated rings. The van der Waals surface area contributed by atoms with Crippen LogP contribution in [-0.4, -0.2) is 47.0 Å². The van der Waals surface area contributed by atoms with E-state index in [0.29, 0.717) is 30.5 Å². The maximum Gasteiger partial charge on any atom is 0.321 e. The van der Waals surface area contributed by atoms with Crippen molar-refractivity contribution in [2.75, 3.05) is 31.5 Å². The van der Waals surface area contributed by atoms with Gasteiger partial charge in [0.1, 0.15) is 5.52 Å². The molecule has 140 valence electrons. The SMILES string of the molecule is Cc1ccccc1NC(=O)N1CCN(Cc2nc3cc(Cl)ccc3o2)CC1. The Kier molecular flexibility index (Phi) is 5.01. The molecule has 6 nitrogen and oxygen atoms in total. The average molecular weight is 385 g/mol. The Hall–Kier alpha value is -2.57. The highest BCUT2D eigenvalue weighted by molar-refractivity contribution is 6.31. The summed E-state index contributed by atoms with van der Waals surface area (Å²) < 4.78 is 5.79. The van der Waals surface area contributed by atoms with E-state index in [1.54, 1.807) is 12.1 Å². The van der Waals surface area contributed by atoms with Gasteiger partial charge >= 0.3 is 6.03 Å². The van der Waals surface area contributed by atoms with Gasteiger partial charge in [-0.3, -0.25) is 4.90 Å². The number of urea groups is 1. The number of carbonyl (C=O) groups is 1. The van der Waals surface area contributed by atoms with Crippen molar-refractivity contribution < 1.29 is 9.21 Å². The number of aryl methyl sites for hydroxylation is 1. The summed E-state index contributed by atoms with van der Waals surface area (Å²) in [4.78, 5) is 21.1. The minimum Gasteiger partial charge on any atom is -0.439 e. The van der Waals surface area contributed by atoms with Gasteiger partial charge in [0.25, 0.3) is 0 Å². The molecule has 2 amide bonds. The Morgan fingerprint density at radius 1 is 1.19 bits per heavy atom. The van der Waals surface area contributed by atoms with E-state index in [1.165, 1.54) is 0 Å². The predicted octanol–water partition coefficient (Wildman–Crippen LogP) is 4.14. The van der Waals surface area contributed by atoms with Crippen LogP contribution >= 0.6 is 11.6 Å². The fourth-order valence-corrected chi connectivity index (χ4v) is 3.39. The van der Waals surface area contributed by atoms with E-state index in [9.17, 15) is 4.79 Å². The van der Waals surface area contributed by atoms with Gasteiger partial charge in [-0.05, 0) is 36.8 Å². The van der Waals surface area contributed by atoms with Gasteiger partial charge in [-0.25, -0.2) is 9.78 Å². The van der Waals surface area contributed by atoms with Crippen LogP contribution < -0.4 is 5.32 Å².